The lowest BCUT2D eigenvalue weighted by Crippen LogP contribution is -2.04. The Morgan fingerprint density at radius 2 is 2.18 bits per heavy atom. The molecule has 5 heteroatoms. The van der Waals surface area contributed by atoms with Crippen molar-refractivity contribution in [1.82, 2.24) is 10.3 Å². The standard InChI is InChI=1S/C12H13FN2S.ClH/c1-8-12(15-11(16-8)7-14-2)9-4-3-5-10(13)6-9;/h3-6,14H,7H2,1-2H3;1H. The van der Waals surface area contributed by atoms with Gasteiger partial charge in [0.2, 0.25) is 0 Å². The van der Waals surface area contributed by atoms with Crippen molar-refractivity contribution in [3.05, 3.63) is 40.0 Å². The molecular weight excluding hydrogens is 259 g/mol. The van der Waals surface area contributed by atoms with Crippen molar-refractivity contribution in [2.75, 3.05) is 7.05 Å². The summed E-state index contributed by atoms with van der Waals surface area (Å²) in [4.78, 5) is 5.62. The Morgan fingerprint density at radius 3 is 2.82 bits per heavy atom. The fourth-order valence-electron chi connectivity index (χ4n) is 1.58. The fourth-order valence-corrected chi connectivity index (χ4v) is 2.55. The van der Waals surface area contributed by atoms with Crippen LogP contribution in [0, 0.1) is 12.7 Å². The van der Waals surface area contributed by atoms with Crippen molar-refractivity contribution in [2.45, 2.75) is 13.5 Å². The molecule has 1 heterocycles. The number of hydrogen-bond donors (Lipinski definition) is 1. The van der Waals surface area contributed by atoms with Crippen LogP contribution in [0.1, 0.15) is 9.88 Å². The molecule has 0 radical (unpaired) electrons. The van der Waals surface area contributed by atoms with Crippen molar-refractivity contribution in [1.29, 1.82) is 0 Å². The van der Waals surface area contributed by atoms with E-state index in [1.165, 1.54) is 12.1 Å². The molecule has 0 fully saturated rings. The zero-order chi connectivity index (χ0) is 11.5. The molecule has 2 aromatic rings. The van der Waals surface area contributed by atoms with Crippen LogP contribution in [0.2, 0.25) is 0 Å². The molecule has 0 amide bonds. The van der Waals surface area contributed by atoms with Crippen LogP contribution in [-0.4, -0.2) is 12.0 Å². The predicted molar refractivity (Wildman–Crippen MR) is 72.3 cm³/mol. The summed E-state index contributed by atoms with van der Waals surface area (Å²) in [6.45, 7) is 2.76. The lowest BCUT2D eigenvalue weighted by molar-refractivity contribution is 0.628. The second-order valence-corrected chi connectivity index (χ2v) is 4.84. The van der Waals surface area contributed by atoms with Gasteiger partial charge in [-0.1, -0.05) is 12.1 Å². The molecule has 1 aromatic heterocycles. The summed E-state index contributed by atoms with van der Waals surface area (Å²) in [6.07, 6.45) is 0. The van der Waals surface area contributed by atoms with Crippen molar-refractivity contribution in [3.63, 3.8) is 0 Å². The highest BCUT2D eigenvalue weighted by atomic mass is 35.5. The maximum atomic E-state index is 13.1. The third kappa shape index (κ3) is 3.25. The molecule has 92 valence electrons. The van der Waals surface area contributed by atoms with E-state index < -0.39 is 0 Å². The first kappa shape index (κ1) is 14.1. The minimum absolute atomic E-state index is 0. The van der Waals surface area contributed by atoms with Crippen LogP contribution in [0.25, 0.3) is 11.3 Å². The van der Waals surface area contributed by atoms with E-state index in [1.807, 2.05) is 20.0 Å². The molecule has 0 saturated carbocycles. The summed E-state index contributed by atoms with van der Waals surface area (Å²) in [7, 11) is 1.89. The zero-order valence-corrected chi connectivity index (χ0v) is 11.3. The molecular formula is C12H14ClFN2S. The molecule has 2 rings (SSSR count). The second-order valence-electron chi connectivity index (χ2n) is 3.55. The van der Waals surface area contributed by atoms with Gasteiger partial charge in [0.05, 0.1) is 5.69 Å². The summed E-state index contributed by atoms with van der Waals surface area (Å²) in [5, 5.41) is 4.09. The number of aryl methyl sites for hydroxylation is 1. The van der Waals surface area contributed by atoms with E-state index in [9.17, 15) is 4.39 Å². The number of thiazole rings is 1. The van der Waals surface area contributed by atoms with Crippen LogP contribution < -0.4 is 5.32 Å². The van der Waals surface area contributed by atoms with Gasteiger partial charge in [-0.2, -0.15) is 0 Å². The quantitative estimate of drug-likeness (QED) is 0.926. The highest BCUT2D eigenvalue weighted by Gasteiger charge is 2.09. The number of rotatable bonds is 3. The molecule has 0 atom stereocenters. The van der Waals surface area contributed by atoms with Crippen molar-refractivity contribution in [3.8, 4) is 11.3 Å². The molecule has 0 saturated heterocycles. The fraction of sp³-hybridized carbons (Fsp3) is 0.250. The molecule has 2 nitrogen and oxygen atoms in total. The predicted octanol–water partition coefficient (Wildman–Crippen LogP) is 3.40. The largest absolute Gasteiger partial charge is 0.314 e. The second kappa shape index (κ2) is 6.10. The van der Waals surface area contributed by atoms with Gasteiger partial charge in [-0.15, -0.1) is 23.7 Å². The highest BCUT2D eigenvalue weighted by Crippen LogP contribution is 2.27. The minimum Gasteiger partial charge on any atom is -0.314 e. The van der Waals surface area contributed by atoms with Crippen LogP contribution in [0.5, 0.6) is 0 Å². The Hall–Kier alpha value is -0.970. The van der Waals surface area contributed by atoms with Gasteiger partial charge in [0.25, 0.3) is 0 Å². The Bertz CT molecular complexity index is 499. The van der Waals surface area contributed by atoms with E-state index in [-0.39, 0.29) is 18.2 Å². The summed E-state index contributed by atoms with van der Waals surface area (Å²) in [6, 6.07) is 6.56. The number of aromatic nitrogens is 1. The van der Waals surface area contributed by atoms with E-state index in [2.05, 4.69) is 10.3 Å². The minimum atomic E-state index is -0.222. The normalized spacial score (nSPS) is 10.1. The lowest BCUT2D eigenvalue weighted by Gasteiger charge is -1.98. The maximum absolute atomic E-state index is 13.1. The Labute approximate surface area is 110 Å². The Kier molecular flexibility index (Phi) is 5.05. The van der Waals surface area contributed by atoms with E-state index in [0.29, 0.717) is 0 Å². The van der Waals surface area contributed by atoms with E-state index >= 15 is 0 Å². The highest BCUT2D eigenvalue weighted by molar-refractivity contribution is 7.12. The number of nitrogens with zero attached hydrogens (tertiary/aromatic N) is 1. The molecule has 0 aliphatic heterocycles. The van der Waals surface area contributed by atoms with Gasteiger partial charge in [-0.3, -0.25) is 0 Å². The van der Waals surface area contributed by atoms with Crippen LogP contribution >= 0.6 is 23.7 Å². The van der Waals surface area contributed by atoms with Gasteiger partial charge in [-0.25, -0.2) is 9.37 Å². The smallest absolute Gasteiger partial charge is 0.123 e. The summed E-state index contributed by atoms with van der Waals surface area (Å²) in [5.41, 5.74) is 1.73. The molecule has 0 aliphatic rings. The van der Waals surface area contributed by atoms with Gasteiger partial charge in [0.1, 0.15) is 10.8 Å². The van der Waals surface area contributed by atoms with Gasteiger partial charge < -0.3 is 5.32 Å². The van der Waals surface area contributed by atoms with Gasteiger partial charge >= 0.3 is 0 Å². The summed E-state index contributed by atoms with van der Waals surface area (Å²) < 4.78 is 13.1. The third-order valence-electron chi connectivity index (χ3n) is 2.27. The molecule has 0 spiro atoms. The monoisotopic (exact) mass is 272 g/mol. The topological polar surface area (TPSA) is 24.9 Å². The molecule has 1 aromatic carbocycles. The van der Waals surface area contributed by atoms with Crippen LogP contribution in [0.3, 0.4) is 0 Å². The third-order valence-corrected chi connectivity index (χ3v) is 3.24. The van der Waals surface area contributed by atoms with Gasteiger partial charge in [-0.05, 0) is 26.1 Å². The van der Waals surface area contributed by atoms with E-state index in [4.69, 9.17) is 0 Å². The van der Waals surface area contributed by atoms with Crippen molar-refractivity contribution >= 4 is 23.7 Å². The van der Waals surface area contributed by atoms with Crippen LogP contribution in [0.4, 0.5) is 4.39 Å². The van der Waals surface area contributed by atoms with Crippen LogP contribution in [0.15, 0.2) is 24.3 Å². The maximum Gasteiger partial charge on any atom is 0.123 e. The first-order valence-corrected chi connectivity index (χ1v) is 5.89. The van der Waals surface area contributed by atoms with E-state index in [0.717, 1.165) is 27.7 Å². The first-order chi connectivity index (χ1) is 7.70. The van der Waals surface area contributed by atoms with Gasteiger partial charge in [0.15, 0.2) is 0 Å². The molecule has 17 heavy (non-hydrogen) atoms. The Morgan fingerprint density at radius 1 is 1.41 bits per heavy atom. The number of hydrogen-bond acceptors (Lipinski definition) is 3. The average molecular weight is 273 g/mol. The number of halogens is 2. The summed E-state index contributed by atoms with van der Waals surface area (Å²) in [5.74, 6) is -0.222. The molecule has 1 N–H and O–H groups in total. The van der Waals surface area contributed by atoms with Crippen molar-refractivity contribution in [2.24, 2.45) is 0 Å². The van der Waals surface area contributed by atoms with Crippen LogP contribution in [-0.2, 0) is 6.54 Å². The Balaban J connectivity index is 0.00000144. The number of nitrogens with one attached hydrogen (secondary N) is 1. The SMILES string of the molecule is CNCc1nc(-c2cccc(F)c2)c(C)s1.Cl. The molecule has 0 unspecified atom stereocenters. The molecule has 0 bridgehead atoms. The zero-order valence-electron chi connectivity index (χ0n) is 9.66. The summed E-state index contributed by atoms with van der Waals surface area (Å²) >= 11 is 1.64. The van der Waals surface area contributed by atoms with Crippen molar-refractivity contribution < 1.29 is 4.39 Å². The first-order valence-electron chi connectivity index (χ1n) is 5.07. The number of benzene rings is 1. The van der Waals surface area contributed by atoms with Gasteiger partial charge in [0, 0.05) is 17.0 Å². The average Bonchev–Trinajstić information content (AvgIpc) is 2.60. The molecule has 0 aliphatic carbocycles. The van der Waals surface area contributed by atoms with E-state index in [1.54, 1.807) is 17.4 Å². The lowest BCUT2D eigenvalue weighted by atomic mass is 10.1.